The van der Waals surface area contributed by atoms with Crippen LogP contribution >= 0.6 is 12.6 Å². The van der Waals surface area contributed by atoms with Crippen LogP contribution in [0.4, 0.5) is 8.78 Å². The lowest BCUT2D eigenvalue weighted by molar-refractivity contribution is 0.166. The fraction of sp³-hybridized carbons (Fsp3) is 0.231. The van der Waals surface area contributed by atoms with Crippen molar-refractivity contribution in [2.75, 3.05) is 0 Å². The molecule has 86 valence electrons. The molecular formula is C13H14F2S. The molecule has 0 radical (unpaired) electrons. The van der Waals surface area contributed by atoms with Crippen LogP contribution in [0.3, 0.4) is 0 Å². The molecule has 0 spiro atoms. The molecular weight excluding hydrogens is 226 g/mol. The Kier molecular flexibility index (Phi) is 3.92. The van der Waals surface area contributed by atoms with Crippen LogP contribution in [0.1, 0.15) is 23.6 Å². The Morgan fingerprint density at radius 2 is 2.06 bits per heavy atom. The first kappa shape index (κ1) is 13.0. The van der Waals surface area contributed by atoms with E-state index in [1.54, 1.807) is 6.07 Å². The molecule has 0 N–H and O–H groups in total. The minimum Gasteiger partial charge on any atom is -0.190 e. The van der Waals surface area contributed by atoms with E-state index in [2.05, 4.69) is 19.2 Å². The summed E-state index contributed by atoms with van der Waals surface area (Å²) >= 11 is 3.13. The maximum atomic E-state index is 12.5. The molecule has 0 aliphatic carbocycles. The summed E-state index contributed by atoms with van der Waals surface area (Å²) in [6.07, 6.45) is 2.13. The second-order valence-electron chi connectivity index (χ2n) is 3.78. The van der Waals surface area contributed by atoms with E-state index < -0.39 is 5.25 Å². The summed E-state index contributed by atoms with van der Waals surface area (Å²) in [4.78, 5) is 0. The van der Waals surface area contributed by atoms with Crippen molar-refractivity contribution in [2.24, 2.45) is 0 Å². The van der Waals surface area contributed by atoms with Gasteiger partial charge < -0.3 is 0 Å². The van der Waals surface area contributed by atoms with Crippen molar-refractivity contribution >= 4 is 24.3 Å². The van der Waals surface area contributed by atoms with E-state index >= 15 is 0 Å². The molecule has 1 aromatic rings. The van der Waals surface area contributed by atoms with Crippen LogP contribution in [0.2, 0.25) is 0 Å². The lowest BCUT2D eigenvalue weighted by atomic mass is 10.0. The maximum Gasteiger partial charge on any atom is 0.310 e. The average molecular weight is 240 g/mol. The molecule has 0 aliphatic rings. The molecule has 0 aromatic heterocycles. The van der Waals surface area contributed by atoms with Gasteiger partial charge in [-0.15, -0.1) is 12.6 Å². The van der Waals surface area contributed by atoms with Crippen LogP contribution in [-0.2, 0) is 0 Å². The lowest BCUT2D eigenvalue weighted by Gasteiger charge is -2.06. The first-order valence-corrected chi connectivity index (χ1v) is 5.30. The second-order valence-corrected chi connectivity index (χ2v) is 4.37. The molecule has 0 fully saturated rings. The first-order valence-electron chi connectivity index (χ1n) is 4.85. The van der Waals surface area contributed by atoms with E-state index in [1.807, 2.05) is 26.0 Å². The third-order valence-electron chi connectivity index (χ3n) is 2.19. The molecule has 0 saturated heterocycles. The van der Waals surface area contributed by atoms with E-state index in [-0.39, 0.29) is 0 Å². The fourth-order valence-corrected chi connectivity index (χ4v) is 1.54. The topological polar surface area (TPSA) is 0 Å². The Labute approximate surface area is 100 Å². The Morgan fingerprint density at radius 3 is 2.50 bits per heavy atom. The molecule has 0 atom stereocenters. The summed E-state index contributed by atoms with van der Waals surface area (Å²) in [5.41, 5.74) is 3.77. The number of allylic oxidation sites excluding steroid dienone is 1. The number of hydrogen-bond donors (Lipinski definition) is 1. The van der Waals surface area contributed by atoms with Gasteiger partial charge in [0.05, 0.1) is 0 Å². The molecule has 3 heteroatoms. The summed E-state index contributed by atoms with van der Waals surface area (Å²) < 4.78 is 25.0. The van der Waals surface area contributed by atoms with Gasteiger partial charge in [0.25, 0.3) is 0 Å². The minimum atomic E-state index is -3.07. The molecule has 0 heterocycles. The molecule has 0 amide bonds. The van der Waals surface area contributed by atoms with Gasteiger partial charge in [0, 0.05) is 0 Å². The van der Waals surface area contributed by atoms with Gasteiger partial charge in [-0.2, -0.15) is 8.78 Å². The summed E-state index contributed by atoms with van der Waals surface area (Å²) in [5, 5.41) is -3.07. The van der Waals surface area contributed by atoms with Crippen LogP contribution in [0.5, 0.6) is 0 Å². The van der Waals surface area contributed by atoms with Crippen LogP contribution in [-0.4, -0.2) is 5.25 Å². The van der Waals surface area contributed by atoms with Crippen LogP contribution < -0.4 is 0 Å². The standard InChI is InChI=1S/C13H14F2S/c1-9(2)12-5-4-11(8-10(12)3)6-7-13(14,15)16/h4-8,16H,1H2,2-3H3/b7-6+. The number of hydrogen-bond acceptors (Lipinski definition) is 1. The van der Waals surface area contributed by atoms with Crippen molar-refractivity contribution in [2.45, 2.75) is 19.1 Å². The Hall–Kier alpha value is -1.09. The molecule has 0 aliphatic heterocycles. The number of alkyl halides is 2. The fourth-order valence-electron chi connectivity index (χ4n) is 1.47. The van der Waals surface area contributed by atoms with E-state index in [0.29, 0.717) is 0 Å². The zero-order chi connectivity index (χ0) is 12.3. The second kappa shape index (κ2) is 4.83. The highest BCUT2D eigenvalue weighted by Crippen LogP contribution is 2.23. The summed E-state index contributed by atoms with van der Waals surface area (Å²) in [6, 6.07) is 5.51. The zero-order valence-electron chi connectivity index (χ0n) is 9.30. The quantitative estimate of drug-likeness (QED) is 0.735. The highest BCUT2D eigenvalue weighted by Gasteiger charge is 2.16. The van der Waals surface area contributed by atoms with Crippen molar-refractivity contribution in [1.82, 2.24) is 0 Å². The predicted octanol–water partition coefficient (Wildman–Crippen LogP) is 4.56. The first-order chi connectivity index (χ1) is 7.29. The van der Waals surface area contributed by atoms with Crippen molar-refractivity contribution in [3.63, 3.8) is 0 Å². The van der Waals surface area contributed by atoms with Gasteiger partial charge in [0.1, 0.15) is 0 Å². The smallest absolute Gasteiger partial charge is 0.190 e. The van der Waals surface area contributed by atoms with Gasteiger partial charge in [-0.3, -0.25) is 0 Å². The summed E-state index contributed by atoms with van der Waals surface area (Å²) in [6.45, 7) is 7.70. The average Bonchev–Trinajstić information content (AvgIpc) is 2.13. The maximum absolute atomic E-state index is 12.5. The molecule has 0 unspecified atom stereocenters. The molecule has 0 nitrogen and oxygen atoms in total. The number of thiol groups is 1. The van der Waals surface area contributed by atoms with Crippen LogP contribution in [0.15, 0.2) is 30.9 Å². The zero-order valence-corrected chi connectivity index (χ0v) is 10.2. The molecule has 16 heavy (non-hydrogen) atoms. The van der Waals surface area contributed by atoms with E-state index in [4.69, 9.17) is 0 Å². The number of aryl methyl sites for hydroxylation is 1. The summed E-state index contributed by atoms with van der Waals surface area (Å²) in [5.74, 6) is 0. The van der Waals surface area contributed by atoms with Gasteiger partial charge in [-0.05, 0) is 36.6 Å². The predicted molar refractivity (Wildman–Crippen MR) is 68.9 cm³/mol. The van der Waals surface area contributed by atoms with E-state index in [1.165, 1.54) is 6.08 Å². The third-order valence-corrected chi connectivity index (χ3v) is 2.34. The van der Waals surface area contributed by atoms with Crippen molar-refractivity contribution in [3.8, 4) is 0 Å². The van der Waals surface area contributed by atoms with E-state index in [0.717, 1.165) is 28.3 Å². The Morgan fingerprint density at radius 1 is 1.44 bits per heavy atom. The highest BCUT2D eigenvalue weighted by atomic mass is 32.1. The van der Waals surface area contributed by atoms with Crippen molar-refractivity contribution < 1.29 is 8.78 Å². The van der Waals surface area contributed by atoms with E-state index in [9.17, 15) is 8.78 Å². The monoisotopic (exact) mass is 240 g/mol. The van der Waals surface area contributed by atoms with Crippen molar-refractivity contribution in [1.29, 1.82) is 0 Å². The van der Waals surface area contributed by atoms with Gasteiger partial charge >= 0.3 is 5.25 Å². The molecule has 0 bridgehead atoms. The van der Waals surface area contributed by atoms with Gasteiger partial charge in [0.15, 0.2) is 0 Å². The van der Waals surface area contributed by atoms with Gasteiger partial charge in [-0.25, -0.2) is 0 Å². The SMILES string of the molecule is C=C(C)c1ccc(/C=C/C(F)(F)S)cc1C. The largest absolute Gasteiger partial charge is 0.310 e. The highest BCUT2D eigenvalue weighted by molar-refractivity contribution is 7.81. The Balaban J connectivity index is 2.99. The van der Waals surface area contributed by atoms with Gasteiger partial charge in [-0.1, -0.05) is 36.4 Å². The lowest BCUT2D eigenvalue weighted by Crippen LogP contribution is -1.98. The number of halogens is 2. The molecule has 1 rings (SSSR count). The van der Waals surface area contributed by atoms with Gasteiger partial charge in [0.2, 0.25) is 0 Å². The number of rotatable bonds is 3. The van der Waals surface area contributed by atoms with Crippen molar-refractivity contribution in [3.05, 3.63) is 47.5 Å². The molecule has 1 aromatic carbocycles. The van der Waals surface area contributed by atoms with Crippen LogP contribution in [0.25, 0.3) is 11.6 Å². The summed E-state index contributed by atoms with van der Waals surface area (Å²) in [7, 11) is 0. The Bertz CT molecular complexity index is 428. The minimum absolute atomic E-state index is 0.733. The normalized spacial score (nSPS) is 12.1. The molecule has 0 saturated carbocycles. The number of benzene rings is 1. The van der Waals surface area contributed by atoms with Crippen LogP contribution in [0, 0.1) is 6.92 Å². The third kappa shape index (κ3) is 3.81.